The third-order valence-corrected chi connectivity index (χ3v) is 5.58. The Kier molecular flexibility index (Phi) is 6.21. The molecule has 138 valence electrons. The molecule has 0 radical (unpaired) electrons. The molecule has 2 rings (SSSR count). The number of amides is 2. The third kappa shape index (κ3) is 5.04. The number of para-hydroxylation sites is 1. The molecule has 0 aromatic heterocycles. The molecule has 1 aromatic rings. The predicted octanol–water partition coefficient (Wildman–Crippen LogP) is 1.71. The molecule has 2 atom stereocenters. The fourth-order valence-electron chi connectivity index (χ4n) is 2.99. The highest BCUT2D eigenvalue weighted by Crippen LogP contribution is 2.33. The molecule has 1 fully saturated rings. The van der Waals surface area contributed by atoms with Gasteiger partial charge in [0.1, 0.15) is 9.84 Å². The molecule has 0 bridgehead atoms. The van der Waals surface area contributed by atoms with Gasteiger partial charge in [0.15, 0.2) is 0 Å². The normalized spacial score (nSPS) is 19.1. The zero-order valence-electron chi connectivity index (χ0n) is 15.0. The van der Waals surface area contributed by atoms with Crippen molar-refractivity contribution >= 4 is 27.3 Å². The fraction of sp³-hybridized carbons (Fsp3) is 0.556. The maximum atomic E-state index is 12.4. The minimum atomic E-state index is -3.12. The number of hydrogen-bond donors (Lipinski definition) is 1. The lowest BCUT2D eigenvalue weighted by molar-refractivity contribution is -0.126. The predicted molar refractivity (Wildman–Crippen MR) is 98.3 cm³/mol. The van der Waals surface area contributed by atoms with E-state index in [1.54, 1.807) is 4.90 Å². The van der Waals surface area contributed by atoms with E-state index >= 15 is 0 Å². The van der Waals surface area contributed by atoms with Gasteiger partial charge in [-0.2, -0.15) is 0 Å². The van der Waals surface area contributed by atoms with Gasteiger partial charge in [0.05, 0.1) is 11.7 Å². The van der Waals surface area contributed by atoms with Crippen molar-refractivity contribution in [3.8, 4) is 0 Å². The van der Waals surface area contributed by atoms with Crippen molar-refractivity contribution in [3.05, 3.63) is 29.8 Å². The van der Waals surface area contributed by atoms with E-state index in [-0.39, 0.29) is 30.5 Å². The molecule has 1 aliphatic rings. The van der Waals surface area contributed by atoms with Crippen molar-refractivity contribution in [1.82, 2.24) is 5.32 Å². The Morgan fingerprint density at radius 2 is 2.04 bits per heavy atom. The molecular formula is C18H26N2O4S. The van der Waals surface area contributed by atoms with Crippen molar-refractivity contribution in [2.45, 2.75) is 32.6 Å². The molecule has 0 saturated carbocycles. The van der Waals surface area contributed by atoms with E-state index in [0.29, 0.717) is 12.5 Å². The highest BCUT2D eigenvalue weighted by atomic mass is 32.2. The first-order valence-corrected chi connectivity index (χ1v) is 10.6. The van der Waals surface area contributed by atoms with Crippen molar-refractivity contribution in [3.63, 3.8) is 0 Å². The SMILES string of the molecule is CCC(C)c1ccccc1N1CC(C(=O)NCCS(C)(=O)=O)CC1=O. The summed E-state index contributed by atoms with van der Waals surface area (Å²) >= 11 is 0. The fourth-order valence-corrected chi connectivity index (χ4v) is 3.46. The van der Waals surface area contributed by atoms with E-state index in [1.807, 2.05) is 24.3 Å². The number of carbonyl (C=O) groups excluding carboxylic acids is 2. The summed E-state index contributed by atoms with van der Waals surface area (Å²) in [7, 11) is -3.12. The summed E-state index contributed by atoms with van der Waals surface area (Å²) in [6.07, 6.45) is 2.25. The minimum absolute atomic E-state index is 0.0704. The molecule has 2 unspecified atom stereocenters. The molecule has 1 saturated heterocycles. The summed E-state index contributed by atoms with van der Waals surface area (Å²) in [5.74, 6) is -0.553. The van der Waals surface area contributed by atoms with Crippen molar-refractivity contribution < 1.29 is 18.0 Å². The Morgan fingerprint density at radius 1 is 1.36 bits per heavy atom. The number of benzene rings is 1. The smallest absolute Gasteiger partial charge is 0.227 e. The Bertz CT molecular complexity index is 745. The molecule has 0 spiro atoms. The summed E-state index contributed by atoms with van der Waals surface area (Å²) in [6.45, 7) is 4.63. The molecule has 0 aliphatic carbocycles. The summed E-state index contributed by atoms with van der Waals surface area (Å²) in [5.41, 5.74) is 1.98. The molecule has 25 heavy (non-hydrogen) atoms. The van der Waals surface area contributed by atoms with Gasteiger partial charge < -0.3 is 10.2 Å². The lowest BCUT2D eigenvalue weighted by Gasteiger charge is -2.23. The molecule has 1 N–H and O–H groups in total. The number of sulfone groups is 1. The average Bonchev–Trinajstić information content (AvgIpc) is 2.94. The van der Waals surface area contributed by atoms with Crippen LogP contribution < -0.4 is 10.2 Å². The van der Waals surface area contributed by atoms with Crippen LogP contribution in [0.25, 0.3) is 0 Å². The molecular weight excluding hydrogens is 340 g/mol. The van der Waals surface area contributed by atoms with Crippen LogP contribution in [0.4, 0.5) is 5.69 Å². The Labute approximate surface area is 149 Å². The van der Waals surface area contributed by atoms with Crippen molar-refractivity contribution in [2.75, 3.05) is 30.0 Å². The molecule has 7 heteroatoms. The van der Waals surface area contributed by atoms with Gasteiger partial charge in [-0.25, -0.2) is 8.42 Å². The maximum absolute atomic E-state index is 12.4. The quantitative estimate of drug-likeness (QED) is 0.796. The van der Waals surface area contributed by atoms with Crippen LogP contribution in [0.1, 0.15) is 38.2 Å². The molecule has 1 heterocycles. The number of carbonyl (C=O) groups is 2. The Morgan fingerprint density at radius 3 is 2.68 bits per heavy atom. The first kappa shape index (κ1) is 19.4. The van der Waals surface area contributed by atoms with Crippen molar-refractivity contribution in [2.24, 2.45) is 5.92 Å². The van der Waals surface area contributed by atoms with Crippen LogP contribution in [0.3, 0.4) is 0 Å². The van der Waals surface area contributed by atoms with Gasteiger partial charge in [-0.05, 0) is 24.0 Å². The van der Waals surface area contributed by atoms with Crippen LogP contribution in [0.2, 0.25) is 0 Å². The van der Waals surface area contributed by atoms with Crippen LogP contribution in [0, 0.1) is 5.92 Å². The topological polar surface area (TPSA) is 83.6 Å². The zero-order valence-corrected chi connectivity index (χ0v) is 15.8. The van der Waals surface area contributed by atoms with E-state index in [1.165, 1.54) is 0 Å². The molecule has 2 amide bonds. The second-order valence-corrected chi connectivity index (χ2v) is 8.95. The molecule has 6 nitrogen and oxygen atoms in total. The first-order chi connectivity index (χ1) is 11.7. The standard InChI is InChI=1S/C18H26N2O4S/c1-4-13(2)15-7-5-6-8-16(15)20-12-14(11-17(20)21)18(22)19-9-10-25(3,23)24/h5-8,13-14H,4,9-12H2,1-3H3,(H,19,22). The van der Waals surface area contributed by atoms with Gasteiger partial charge in [-0.15, -0.1) is 0 Å². The summed E-state index contributed by atoms with van der Waals surface area (Å²) in [5, 5.41) is 2.63. The molecule has 1 aliphatic heterocycles. The van der Waals surface area contributed by atoms with Crippen LogP contribution in [-0.2, 0) is 19.4 Å². The van der Waals surface area contributed by atoms with Crippen LogP contribution >= 0.6 is 0 Å². The van der Waals surface area contributed by atoms with Crippen molar-refractivity contribution in [1.29, 1.82) is 0 Å². The summed E-state index contributed by atoms with van der Waals surface area (Å²) < 4.78 is 22.3. The summed E-state index contributed by atoms with van der Waals surface area (Å²) in [6, 6.07) is 7.80. The third-order valence-electron chi connectivity index (χ3n) is 4.64. The van der Waals surface area contributed by atoms with E-state index in [4.69, 9.17) is 0 Å². The number of rotatable bonds is 7. The Hall–Kier alpha value is -1.89. The monoisotopic (exact) mass is 366 g/mol. The largest absolute Gasteiger partial charge is 0.355 e. The second kappa shape index (κ2) is 7.99. The second-order valence-electron chi connectivity index (χ2n) is 6.69. The average molecular weight is 366 g/mol. The lowest BCUT2D eigenvalue weighted by atomic mass is 9.96. The van der Waals surface area contributed by atoms with E-state index < -0.39 is 15.8 Å². The van der Waals surface area contributed by atoms with Gasteiger partial charge in [0.25, 0.3) is 0 Å². The van der Waals surface area contributed by atoms with E-state index in [0.717, 1.165) is 23.9 Å². The maximum Gasteiger partial charge on any atom is 0.227 e. The van der Waals surface area contributed by atoms with Crippen LogP contribution in [0.5, 0.6) is 0 Å². The lowest BCUT2D eigenvalue weighted by Crippen LogP contribution is -2.35. The van der Waals surface area contributed by atoms with E-state index in [9.17, 15) is 18.0 Å². The highest BCUT2D eigenvalue weighted by molar-refractivity contribution is 7.90. The first-order valence-electron chi connectivity index (χ1n) is 8.57. The van der Waals surface area contributed by atoms with E-state index in [2.05, 4.69) is 19.2 Å². The highest BCUT2D eigenvalue weighted by Gasteiger charge is 2.36. The number of hydrogen-bond acceptors (Lipinski definition) is 4. The van der Waals surface area contributed by atoms with Gasteiger partial charge in [0.2, 0.25) is 11.8 Å². The minimum Gasteiger partial charge on any atom is -0.355 e. The van der Waals surface area contributed by atoms with Gasteiger partial charge >= 0.3 is 0 Å². The van der Waals surface area contributed by atoms with Gasteiger partial charge in [0, 0.05) is 31.5 Å². The number of nitrogens with one attached hydrogen (secondary N) is 1. The Balaban J connectivity index is 2.07. The number of nitrogens with zero attached hydrogens (tertiary/aromatic N) is 1. The van der Waals surface area contributed by atoms with Gasteiger partial charge in [-0.1, -0.05) is 32.0 Å². The zero-order chi connectivity index (χ0) is 18.6. The number of anilines is 1. The van der Waals surface area contributed by atoms with Crippen LogP contribution in [0.15, 0.2) is 24.3 Å². The van der Waals surface area contributed by atoms with Gasteiger partial charge in [-0.3, -0.25) is 9.59 Å². The van der Waals surface area contributed by atoms with Crippen LogP contribution in [-0.4, -0.2) is 45.3 Å². The summed E-state index contributed by atoms with van der Waals surface area (Å²) in [4.78, 5) is 26.4. The molecule has 1 aromatic carbocycles.